The van der Waals surface area contributed by atoms with E-state index < -0.39 is 10.0 Å². The lowest BCUT2D eigenvalue weighted by Gasteiger charge is -2.26. The van der Waals surface area contributed by atoms with Crippen molar-refractivity contribution in [2.24, 2.45) is 0 Å². The summed E-state index contributed by atoms with van der Waals surface area (Å²) in [4.78, 5) is 0.141. The Hall–Kier alpha value is -0.620. The van der Waals surface area contributed by atoms with E-state index in [2.05, 4.69) is 0 Å². The molecule has 0 radical (unpaired) electrons. The van der Waals surface area contributed by atoms with Crippen LogP contribution in [0.5, 0.6) is 0 Å². The zero-order chi connectivity index (χ0) is 11.6. The van der Waals surface area contributed by atoms with Crippen molar-refractivity contribution in [3.63, 3.8) is 0 Å². The average molecular weight is 262 g/mol. The molecule has 16 heavy (non-hydrogen) atoms. The molecule has 0 aliphatic carbocycles. The van der Waals surface area contributed by atoms with Crippen LogP contribution in [0, 0.1) is 0 Å². The first-order chi connectivity index (χ1) is 7.62. The summed E-state index contributed by atoms with van der Waals surface area (Å²) in [5.41, 5.74) is 0. The molecule has 0 atom stereocenters. The zero-order valence-electron chi connectivity index (χ0n) is 8.60. The highest BCUT2D eigenvalue weighted by molar-refractivity contribution is 7.89. The number of halogens is 1. The third kappa shape index (κ3) is 2.22. The van der Waals surface area contributed by atoms with Crippen LogP contribution in [0.3, 0.4) is 0 Å². The lowest BCUT2D eigenvalue weighted by atomic mass is 10.4. The van der Waals surface area contributed by atoms with Gasteiger partial charge < -0.3 is 4.74 Å². The Labute approximate surface area is 99.8 Å². The molecule has 1 aliphatic heterocycles. The van der Waals surface area contributed by atoms with Gasteiger partial charge in [0.15, 0.2) is 0 Å². The maximum Gasteiger partial charge on any atom is 0.246 e. The standard InChI is InChI=1S/C10H12ClNO3S/c11-9-4-1-2-5-10(9)16(13,14)12-6-3-7-15-8-12/h1-2,4-5H,3,6-8H2. The van der Waals surface area contributed by atoms with Crippen molar-refractivity contribution in [2.45, 2.75) is 11.3 Å². The van der Waals surface area contributed by atoms with Gasteiger partial charge in [0, 0.05) is 13.2 Å². The molecule has 0 unspecified atom stereocenters. The van der Waals surface area contributed by atoms with E-state index in [0.29, 0.717) is 19.6 Å². The molecule has 1 saturated heterocycles. The van der Waals surface area contributed by atoms with Gasteiger partial charge in [-0.2, -0.15) is 4.31 Å². The van der Waals surface area contributed by atoms with Crippen molar-refractivity contribution in [1.82, 2.24) is 4.31 Å². The molecule has 1 aromatic carbocycles. The van der Waals surface area contributed by atoms with Crippen LogP contribution in [-0.2, 0) is 14.8 Å². The van der Waals surface area contributed by atoms with E-state index in [-0.39, 0.29) is 16.6 Å². The van der Waals surface area contributed by atoms with Crippen LogP contribution >= 0.6 is 11.6 Å². The van der Waals surface area contributed by atoms with Gasteiger partial charge >= 0.3 is 0 Å². The predicted molar refractivity (Wildman–Crippen MR) is 60.8 cm³/mol. The Morgan fingerprint density at radius 1 is 1.31 bits per heavy atom. The first kappa shape index (κ1) is 11.9. The number of nitrogens with zero attached hydrogens (tertiary/aromatic N) is 1. The first-order valence-electron chi connectivity index (χ1n) is 4.95. The van der Waals surface area contributed by atoms with Crippen molar-refractivity contribution in [1.29, 1.82) is 0 Å². The van der Waals surface area contributed by atoms with Gasteiger partial charge in [-0.3, -0.25) is 0 Å². The van der Waals surface area contributed by atoms with Crippen LogP contribution in [0.4, 0.5) is 0 Å². The second-order valence-electron chi connectivity index (χ2n) is 3.50. The van der Waals surface area contributed by atoms with Gasteiger partial charge in [0.25, 0.3) is 0 Å². The van der Waals surface area contributed by atoms with Gasteiger partial charge in [0.1, 0.15) is 11.6 Å². The minimum atomic E-state index is -3.52. The van der Waals surface area contributed by atoms with E-state index in [1.807, 2.05) is 0 Å². The quantitative estimate of drug-likeness (QED) is 0.814. The third-order valence-corrected chi connectivity index (χ3v) is 4.71. The topological polar surface area (TPSA) is 46.6 Å². The fourth-order valence-electron chi connectivity index (χ4n) is 1.56. The number of hydrogen-bond donors (Lipinski definition) is 0. The summed E-state index contributed by atoms with van der Waals surface area (Å²) in [7, 11) is -3.52. The number of ether oxygens (including phenoxy) is 1. The van der Waals surface area contributed by atoms with Crippen LogP contribution < -0.4 is 0 Å². The van der Waals surface area contributed by atoms with E-state index in [1.54, 1.807) is 18.2 Å². The van der Waals surface area contributed by atoms with Crippen molar-refractivity contribution in [3.8, 4) is 0 Å². The van der Waals surface area contributed by atoms with Crippen molar-refractivity contribution in [3.05, 3.63) is 29.3 Å². The molecule has 6 heteroatoms. The van der Waals surface area contributed by atoms with Gasteiger partial charge in [-0.05, 0) is 18.6 Å². The van der Waals surface area contributed by atoms with Crippen molar-refractivity contribution >= 4 is 21.6 Å². The minimum Gasteiger partial charge on any atom is -0.365 e. The molecule has 88 valence electrons. The van der Waals surface area contributed by atoms with Crippen LogP contribution in [0.2, 0.25) is 5.02 Å². The van der Waals surface area contributed by atoms with Crippen LogP contribution in [0.25, 0.3) is 0 Å². The largest absolute Gasteiger partial charge is 0.365 e. The van der Waals surface area contributed by atoms with Gasteiger partial charge in [0.05, 0.1) is 5.02 Å². The maximum atomic E-state index is 12.2. The highest BCUT2D eigenvalue weighted by Gasteiger charge is 2.27. The lowest BCUT2D eigenvalue weighted by molar-refractivity contribution is 0.0313. The van der Waals surface area contributed by atoms with Crippen molar-refractivity contribution < 1.29 is 13.2 Å². The van der Waals surface area contributed by atoms with E-state index in [0.717, 1.165) is 0 Å². The highest BCUT2D eigenvalue weighted by atomic mass is 35.5. The molecule has 1 aromatic rings. The maximum absolute atomic E-state index is 12.2. The fourth-order valence-corrected chi connectivity index (χ4v) is 3.41. The fraction of sp³-hybridized carbons (Fsp3) is 0.400. The zero-order valence-corrected chi connectivity index (χ0v) is 10.2. The summed E-state index contributed by atoms with van der Waals surface area (Å²) in [6.45, 7) is 1.19. The molecule has 2 rings (SSSR count). The van der Waals surface area contributed by atoms with E-state index in [4.69, 9.17) is 16.3 Å². The molecular weight excluding hydrogens is 250 g/mol. The van der Waals surface area contributed by atoms with Gasteiger partial charge in [-0.15, -0.1) is 0 Å². The monoisotopic (exact) mass is 261 g/mol. The number of hydrogen-bond acceptors (Lipinski definition) is 3. The molecule has 0 spiro atoms. The van der Waals surface area contributed by atoms with Gasteiger partial charge in [-0.25, -0.2) is 8.42 Å². The van der Waals surface area contributed by atoms with E-state index in [9.17, 15) is 8.42 Å². The van der Waals surface area contributed by atoms with Crippen LogP contribution in [0.15, 0.2) is 29.2 Å². The van der Waals surface area contributed by atoms with Crippen molar-refractivity contribution in [2.75, 3.05) is 19.9 Å². The molecule has 1 fully saturated rings. The molecule has 0 amide bonds. The Balaban J connectivity index is 2.35. The summed E-state index contributed by atoms with van der Waals surface area (Å²) in [5, 5.41) is 0.244. The number of rotatable bonds is 2. The summed E-state index contributed by atoms with van der Waals surface area (Å²) in [6.07, 6.45) is 0.712. The molecule has 0 aromatic heterocycles. The second kappa shape index (κ2) is 4.71. The summed E-state index contributed by atoms with van der Waals surface area (Å²) >= 11 is 5.88. The highest BCUT2D eigenvalue weighted by Crippen LogP contribution is 2.25. The Morgan fingerprint density at radius 3 is 2.69 bits per heavy atom. The first-order valence-corrected chi connectivity index (χ1v) is 6.76. The number of benzene rings is 1. The van der Waals surface area contributed by atoms with E-state index in [1.165, 1.54) is 10.4 Å². The van der Waals surface area contributed by atoms with Crippen LogP contribution in [-0.4, -0.2) is 32.6 Å². The average Bonchev–Trinajstić information content (AvgIpc) is 2.30. The van der Waals surface area contributed by atoms with Gasteiger partial charge in [-0.1, -0.05) is 23.7 Å². The Bertz CT molecular complexity index is 469. The predicted octanol–water partition coefficient (Wildman–Crippen LogP) is 1.71. The molecule has 1 aliphatic rings. The second-order valence-corrected chi connectivity index (χ2v) is 5.82. The normalized spacial score (nSPS) is 18.6. The molecule has 0 bridgehead atoms. The summed E-state index contributed by atoms with van der Waals surface area (Å²) in [5.74, 6) is 0. The van der Waals surface area contributed by atoms with Crippen LogP contribution in [0.1, 0.15) is 6.42 Å². The minimum absolute atomic E-state index is 0.105. The Morgan fingerprint density at radius 2 is 2.06 bits per heavy atom. The molecule has 0 N–H and O–H groups in total. The smallest absolute Gasteiger partial charge is 0.246 e. The molecular formula is C10H12ClNO3S. The molecule has 1 heterocycles. The summed E-state index contributed by atoms with van der Waals surface area (Å²) < 4.78 is 30.8. The van der Waals surface area contributed by atoms with Gasteiger partial charge in [0.2, 0.25) is 10.0 Å². The molecule has 0 saturated carbocycles. The lowest BCUT2D eigenvalue weighted by Crippen LogP contribution is -2.38. The third-order valence-electron chi connectivity index (χ3n) is 2.39. The Kier molecular flexibility index (Phi) is 3.49. The number of sulfonamides is 1. The van der Waals surface area contributed by atoms with E-state index >= 15 is 0 Å². The summed E-state index contributed by atoms with van der Waals surface area (Å²) in [6, 6.07) is 6.43. The molecule has 4 nitrogen and oxygen atoms in total. The SMILES string of the molecule is O=S(=O)(c1ccccc1Cl)N1CCCOC1.